The summed E-state index contributed by atoms with van der Waals surface area (Å²) >= 11 is 0. The first kappa shape index (κ1) is 15.6. The van der Waals surface area contributed by atoms with Gasteiger partial charge in [0.1, 0.15) is 0 Å². The van der Waals surface area contributed by atoms with Gasteiger partial charge in [0.15, 0.2) is 5.16 Å². The quantitative estimate of drug-likeness (QED) is 0.512. The summed E-state index contributed by atoms with van der Waals surface area (Å²) in [5, 5.41) is 7.44. The number of carboxylic acids is 1. The number of unbranched alkanes of at least 4 members (excludes halogenated alkanes) is 1. The summed E-state index contributed by atoms with van der Waals surface area (Å²) in [5.74, 6) is -1.26. The Morgan fingerprint density at radius 2 is 1.81 bits per heavy atom. The molecule has 0 aliphatic rings. The third-order valence-corrected chi connectivity index (χ3v) is 5.31. The van der Waals surface area contributed by atoms with Crippen molar-refractivity contribution in [2.45, 2.75) is 51.6 Å². The highest BCUT2D eigenvalue weighted by Gasteiger charge is 2.52. The van der Waals surface area contributed by atoms with Gasteiger partial charge in [-0.3, -0.25) is 9.36 Å². The first-order valence-corrected chi connectivity index (χ1v) is 7.16. The van der Waals surface area contributed by atoms with Crippen LogP contribution in [-0.2, 0) is 13.9 Å². The molecule has 1 unspecified atom stereocenters. The molecule has 0 radical (unpaired) electrons. The van der Waals surface area contributed by atoms with Crippen LogP contribution in [0.5, 0.6) is 0 Å². The van der Waals surface area contributed by atoms with E-state index in [0.29, 0.717) is 6.42 Å². The molecule has 96 valence electrons. The molecule has 0 spiro atoms. The highest BCUT2D eigenvalue weighted by atomic mass is 31.2. The zero-order valence-corrected chi connectivity index (χ0v) is 11.0. The van der Waals surface area contributed by atoms with Crippen LogP contribution in [0.15, 0.2) is 0 Å². The van der Waals surface area contributed by atoms with Crippen molar-refractivity contribution in [3.8, 4) is 0 Å². The molecule has 6 heteroatoms. The SMILES string of the molecule is CCCCOP(=O)(O)C(CC)(CC)C(=O)O. The average Bonchev–Trinajstić information content (AvgIpc) is 2.19. The molecule has 0 saturated heterocycles. The smallest absolute Gasteiger partial charge is 0.345 e. The van der Waals surface area contributed by atoms with Gasteiger partial charge < -0.3 is 14.5 Å². The minimum atomic E-state index is -4.12. The number of carbonyl (C=O) groups is 1. The Morgan fingerprint density at radius 3 is 2.12 bits per heavy atom. The maximum absolute atomic E-state index is 12.0. The maximum atomic E-state index is 12.0. The second-order valence-electron chi connectivity index (χ2n) is 3.75. The van der Waals surface area contributed by atoms with Crippen molar-refractivity contribution in [3.63, 3.8) is 0 Å². The molecule has 0 bridgehead atoms. The van der Waals surface area contributed by atoms with E-state index in [-0.39, 0.29) is 19.4 Å². The van der Waals surface area contributed by atoms with E-state index in [1.54, 1.807) is 13.8 Å². The predicted molar refractivity (Wildman–Crippen MR) is 61.6 cm³/mol. The standard InChI is InChI=1S/C10H21O5P/c1-4-7-8-15-16(13,14)10(5-2,6-3)9(11)12/h4-8H2,1-3H3,(H,11,12)(H,13,14). The Morgan fingerprint density at radius 1 is 1.31 bits per heavy atom. The molecule has 0 aromatic rings. The molecule has 2 N–H and O–H groups in total. The lowest BCUT2D eigenvalue weighted by Gasteiger charge is -2.30. The van der Waals surface area contributed by atoms with Gasteiger partial charge in [-0.25, -0.2) is 0 Å². The number of hydrogen-bond donors (Lipinski definition) is 2. The van der Waals surface area contributed by atoms with E-state index in [0.717, 1.165) is 6.42 Å². The molecule has 0 saturated carbocycles. The van der Waals surface area contributed by atoms with Crippen LogP contribution in [0.4, 0.5) is 0 Å². The van der Waals surface area contributed by atoms with Gasteiger partial charge in [-0.15, -0.1) is 0 Å². The van der Waals surface area contributed by atoms with Crippen molar-refractivity contribution >= 4 is 13.6 Å². The molecule has 0 fully saturated rings. The second kappa shape index (κ2) is 6.38. The van der Waals surface area contributed by atoms with Gasteiger partial charge in [0.05, 0.1) is 6.61 Å². The Labute approximate surface area is 96.4 Å². The fourth-order valence-corrected chi connectivity index (χ4v) is 3.19. The summed E-state index contributed by atoms with van der Waals surface area (Å²) in [4.78, 5) is 20.9. The van der Waals surface area contributed by atoms with Gasteiger partial charge in [0.2, 0.25) is 0 Å². The van der Waals surface area contributed by atoms with Gasteiger partial charge in [-0.1, -0.05) is 27.2 Å². The van der Waals surface area contributed by atoms with Gasteiger partial charge >= 0.3 is 13.6 Å². The van der Waals surface area contributed by atoms with Crippen LogP contribution in [0.25, 0.3) is 0 Å². The Bertz CT molecular complexity index is 272. The van der Waals surface area contributed by atoms with Crippen LogP contribution in [0, 0.1) is 0 Å². The predicted octanol–water partition coefficient (Wildman–Crippen LogP) is 2.63. The minimum Gasteiger partial charge on any atom is -0.480 e. The molecule has 0 aliphatic carbocycles. The third kappa shape index (κ3) is 3.06. The monoisotopic (exact) mass is 252 g/mol. The molecule has 0 aromatic carbocycles. The summed E-state index contributed by atoms with van der Waals surface area (Å²) in [5.41, 5.74) is 0. The van der Waals surface area contributed by atoms with Crippen LogP contribution < -0.4 is 0 Å². The number of aliphatic carboxylic acids is 1. The van der Waals surface area contributed by atoms with Crippen molar-refractivity contribution in [1.82, 2.24) is 0 Å². The molecule has 16 heavy (non-hydrogen) atoms. The van der Waals surface area contributed by atoms with E-state index in [4.69, 9.17) is 9.63 Å². The molecular weight excluding hydrogens is 231 g/mol. The Kier molecular flexibility index (Phi) is 6.23. The number of rotatable bonds is 8. The van der Waals surface area contributed by atoms with E-state index in [1.807, 2.05) is 6.92 Å². The highest BCUT2D eigenvalue weighted by molar-refractivity contribution is 7.55. The minimum absolute atomic E-state index is 0.0821. The van der Waals surface area contributed by atoms with Crippen LogP contribution in [-0.4, -0.2) is 27.7 Å². The van der Waals surface area contributed by atoms with E-state index in [1.165, 1.54) is 0 Å². The van der Waals surface area contributed by atoms with Crippen molar-refractivity contribution in [2.75, 3.05) is 6.61 Å². The molecule has 0 aliphatic heterocycles. The fraction of sp³-hybridized carbons (Fsp3) is 0.900. The molecule has 0 rings (SSSR count). The molecule has 0 amide bonds. The van der Waals surface area contributed by atoms with Crippen LogP contribution >= 0.6 is 7.60 Å². The Hall–Kier alpha value is -0.380. The lowest BCUT2D eigenvalue weighted by Crippen LogP contribution is -2.37. The second-order valence-corrected chi connectivity index (χ2v) is 5.91. The number of carboxylic acid groups (broad SMARTS) is 1. The fourth-order valence-electron chi connectivity index (χ4n) is 1.53. The van der Waals surface area contributed by atoms with Crippen molar-refractivity contribution < 1.29 is 23.9 Å². The zero-order chi connectivity index (χ0) is 12.8. The summed E-state index contributed by atoms with van der Waals surface area (Å²) in [6, 6.07) is 0. The van der Waals surface area contributed by atoms with Crippen LogP contribution in [0.3, 0.4) is 0 Å². The van der Waals surface area contributed by atoms with Gasteiger partial charge in [-0.2, -0.15) is 0 Å². The zero-order valence-electron chi connectivity index (χ0n) is 10.1. The number of hydrogen-bond acceptors (Lipinski definition) is 3. The van der Waals surface area contributed by atoms with Crippen LogP contribution in [0.2, 0.25) is 0 Å². The molecule has 5 nitrogen and oxygen atoms in total. The summed E-state index contributed by atoms with van der Waals surface area (Å²) < 4.78 is 16.9. The Balaban J connectivity index is 4.90. The summed E-state index contributed by atoms with van der Waals surface area (Å²) in [7, 11) is -4.12. The van der Waals surface area contributed by atoms with E-state index < -0.39 is 18.7 Å². The van der Waals surface area contributed by atoms with Crippen molar-refractivity contribution in [1.29, 1.82) is 0 Å². The first-order valence-electron chi connectivity index (χ1n) is 5.58. The van der Waals surface area contributed by atoms with Crippen molar-refractivity contribution in [2.24, 2.45) is 0 Å². The molecule has 0 aromatic heterocycles. The molecule has 1 atom stereocenters. The van der Waals surface area contributed by atoms with E-state index in [9.17, 15) is 14.3 Å². The lowest BCUT2D eigenvalue weighted by atomic mass is 10.0. The van der Waals surface area contributed by atoms with Crippen molar-refractivity contribution in [3.05, 3.63) is 0 Å². The maximum Gasteiger partial charge on any atom is 0.345 e. The molecular formula is C10H21O5P. The van der Waals surface area contributed by atoms with E-state index >= 15 is 0 Å². The van der Waals surface area contributed by atoms with Gasteiger partial charge in [0, 0.05) is 0 Å². The lowest BCUT2D eigenvalue weighted by molar-refractivity contribution is -0.141. The third-order valence-electron chi connectivity index (χ3n) is 2.87. The summed E-state index contributed by atoms with van der Waals surface area (Å²) in [6.45, 7) is 5.22. The highest BCUT2D eigenvalue weighted by Crippen LogP contribution is 2.59. The largest absolute Gasteiger partial charge is 0.480 e. The average molecular weight is 252 g/mol. The summed E-state index contributed by atoms with van der Waals surface area (Å²) in [6.07, 6.45) is 1.64. The normalized spacial score (nSPS) is 15.8. The van der Waals surface area contributed by atoms with Gasteiger partial charge in [0.25, 0.3) is 0 Å². The first-order chi connectivity index (χ1) is 7.38. The topological polar surface area (TPSA) is 83.8 Å². The van der Waals surface area contributed by atoms with Gasteiger partial charge in [-0.05, 0) is 19.3 Å². The van der Waals surface area contributed by atoms with E-state index in [2.05, 4.69) is 0 Å². The van der Waals surface area contributed by atoms with Crippen LogP contribution in [0.1, 0.15) is 46.5 Å². The molecule has 0 heterocycles.